The van der Waals surface area contributed by atoms with E-state index in [1.54, 1.807) is 12.1 Å². The van der Waals surface area contributed by atoms with E-state index in [0.717, 1.165) is 16.7 Å². The molecular weight excluding hydrogens is 438 g/mol. The highest BCUT2D eigenvalue weighted by atomic mass is 32.2. The molecule has 3 aromatic carbocycles. The van der Waals surface area contributed by atoms with Crippen molar-refractivity contribution in [2.75, 3.05) is 20.2 Å². The van der Waals surface area contributed by atoms with Crippen LogP contribution in [0.4, 0.5) is 0 Å². The Balaban J connectivity index is 1.74. The fraction of sp³-hybridized carbons (Fsp3) is 0.200. The number of hydrazone groups is 1. The van der Waals surface area contributed by atoms with E-state index in [4.69, 9.17) is 4.74 Å². The number of rotatable bonds is 10. The second-order valence-electron chi connectivity index (χ2n) is 7.46. The molecule has 1 amide bonds. The van der Waals surface area contributed by atoms with Crippen LogP contribution in [0.2, 0.25) is 0 Å². The lowest BCUT2D eigenvalue weighted by Gasteiger charge is -2.21. The normalized spacial score (nSPS) is 11.6. The number of nitrogens with zero attached hydrogens (tertiary/aromatic N) is 2. The van der Waals surface area contributed by atoms with Gasteiger partial charge in [0.05, 0.1) is 24.8 Å². The van der Waals surface area contributed by atoms with Gasteiger partial charge in [-0.1, -0.05) is 60.2 Å². The van der Waals surface area contributed by atoms with Gasteiger partial charge in [-0.3, -0.25) is 4.79 Å². The van der Waals surface area contributed by atoms with Gasteiger partial charge in [0.15, 0.2) is 0 Å². The summed E-state index contributed by atoms with van der Waals surface area (Å²) in [5, 5.41) is 3.97. The second-order valence-corrected chi connectivity index (χ2v) is 9.39. The van der Waals surface area contributed by atoms with Crippen LogP contribution in [0.25, 0.3) is 0 Å². The number of methoxy groups -OCH3 is 1. The Morgan fingerprint density at radius 3 is 2.42 bits per heavy atom. The molecule has 1 N–H and O–H groups in total. The van der Waals surface area contributed by atoms with E-state index in [1.165, 1.54) is 29.8 Å². The Bertz CT molecular complexity index is 1190. The predicted molar refractivity (Wildman–Crippen MR) is 129 cm³/mol. The maximum absolute atomic E-state index is 13.3. The molecule has 0 radical (unpaired) electrons. The highest BCUT2D eigenvalue weighted by molar-refractivity contribution is 7.89. The number of amides is 1. The molecule has 0 atom stereocenters. The van der Waals surface area contributed by atoms with Gasteiger partial charge < -0.3 is 4.74 Å². The largest absolute Gasteiger partial charge is 0.497 e. The molecule has 0 saturated carbocycles. The summed E-state index contributed by atoms with van der Waals surface area (Å²) in [7, 11) is -2.40. The summed E-state index contributed by atoms with van der Waals surface area (Å²) in [5.41, 5.74) is 5.31. The van der Waals surface area contributed by atoms with Gasteiger partial charge in [-0.15, -0.1) is 0 Å². The summed E-state index contributed by atoms with van der Waals surface area (Å²) in [4.78, 5) is 12.6. The SMILES string of the molecule is COc1ccc(S(=O)(=O)N(CCc2ccccc2)CC(=O)N/N=C\c2cccc(C)c2)cc1. The van der Waals surface area contributed by atoms with Crippen molar-refractivity contribution in [2.24, 2.45) is 5.10 Å². The van der Waals surface area contributed by atoms with Crippen LogP contribution in [0, 0.1) is 6.92 Å². The van der Waals surface area contributed by atoms with E-state index >= 15 is 0 Å². The molecule has 33 heavy (non-hydrogen) atoms. The third-order valence-corrected chi connectivity index (χ3v) is 6.81. The number of hydrogen-bond acceptors (Lipinski definition) is 5. The van der Waals surface area contributed by atoms with E-state index in [2.05, 4.69) is 10.5 Å². The van der Waals surface area contributed by atoms with E-state index in [-0.39, 0.29) is 18.0 Å². The predicted octanol–water partition coefficient (Wildman–Crippen LogP) is 3.39. The third kappa shape index (κ3) is 7.00. The lowest BCUT2D eigenvalue weighted by atomic mass is 10.1. The molecule has 0 bridgehead atoms. The average molecular weight is 466 g/mol. The number of aryl methyl sites for hydroxylation is 1. The van der Waals surface area contributed by atoms with Gasteiger partial charge in [0.25, 0.3) is 5.91 Å². The molecular formula is C25H27N3O4S. The van der Waals surface area contributed by atoms with Crippen LogP contribution >= 0.6 is 0 Å². The van der Waals surface area contributed by atoms with Crippen LogP contribution in [-0.4, -0.2) is 45.0 Å². The Morgan fingerprint density at radius 1 is 1.03 bits per heavy atom. The van der Waals surface area contributed by atoms with Crippen LogP contribution in [-0.2, 0) is 21.2 Å². The highest BCUT2D eigenvalue weighted by Crippen LogP contribution is 2.20. The van der Waals surface area contributed by atoms with Crippen LogP contribution in [0.1, 0.15) is 16.7 Å². The van der Waals surface area contributed by atoms with Crippen molar-refractivity contribution >= 4 is 22.1 Å². The Hall–Kier alpha value is -3.49. The maximum atomic E-state index is 13.3. The topological polar surface area (TPSA) is 88.1 Å². The second kappa shape index (κ2) is 11.4. The van der Waals surface area contributed by atoms with Crippen molar-refractivity contribution in [3.05, 3.63) is 95.6 Å². The van der Waals surface area contributed by atoms with Crippen molar-refractivity contribution in [3.63, 3.8) is 0 Å². The molecule has 3 aromatic rings. The molecule has 7 nitrogen and oxygen atoms in total. The van der Waals surface area contributed by atoms with E-state index < -0.39 is 15.9 Å². The molecule has 8 heteroatoms. The Kier molecular flexibility index (Phi) is 8.34. The van der Waals surface area contributed by atoms with Gasteiger partial charge in [0, 0.05) is 6.54 Å². The summed E-state index contributed by atoms with van der Waals surface area (Å²) >= 11 is 0. The van der Waals surface area contributed by atoms with Gasteiger partial charge in [0.1, 0.15) is 5.75 Å². The molecule has 0 spiro atoms. The van der Waals surface area contributed by atoms with Crippen molar-refractivity contribution in [3.8, 4) is 5.75 Å². The van der Waals surface area contributed by atoms with Gasteiger partial charge in [0.2, 0.25) is 10.0 Å². The smallest absolute Gasteiger partial charge is 0.255 e. The molecule has 3 rings (SSSR count). The van der Waals surface area contributed by atoms with Crippen molar-refractivity contribution < 1.29 is 17.9 Å². The molecule has 0 fully saturated rings. The molecule has 0 unspecified atom stereocenters. The first-order chi connectivity index (χ1) is 15.9. The molecule has 0 heterocycles. The average Bonchev–Trinajstić information content (AvgIpc) is 2.82. The summed E-state index contributed by atoms with van der Waals surface area (Å²) in [5.74, 6) is 0.0251. The van der Waals surface area contributed by atoms with Crippen LogP contribution in [0.5, 0.6) is 5.75 Å². The highest BCUT2D eigenvalue weighted by Gasteiger charge is 2.26. The zero-order chi connectivity index (χ0) is 23.7. The number of nitrogens with one attached hydrogen (secondary N) is 1. The fourth-order valence-electron chi connectivity index (χ4n) is 3.20. The quantitative estimate of drug-likeness (QED) is 0.367. The molecule has 172 valence electrons. The van der Waals surface area contributed by atoms with Crippen molar-refractivity contribution in [1.29, 1.82) is 0 Å². The minimum atomic E-state index is -3.91. The minimum absolute atomic E-state index is 0.0902. The van der Waals surface area contributed by atoms with Crippen LogP contribution in [0.15, 0.2) is 88.9 Å². The fourth-order valence-corrected chi connectivity index (χ4v) is 4.60. The minimum Gasteiger partial charge on any atom is -0.497 e. The van der Waals surface area contributed by atoms with E-state index in [0.29, 0.717) is 12.2 Å². The first-order valence-corrected chi connectivity index (χ1v) is 11.9. The first-order valence-electron chi connectivity index (χ1n) is 10.4. The zero-order valence-electron chi connectivity index (χ0n) is 18.6. The number of carbonyl (C=O) groups is 1. The Labute approximate surface area is 194 Å². The number of carbonyl (C=O) groups excluding carboxylic acids is 1. The first kappa shape index (κ1) is 24.2. The number of ether oxygens (including phenoxy) is 1. The number of hydrogen-bond donors (Lipinski definition) is 1. The molecule has 0 aliphatic carbocycles. The number of sulfonamides is 1. The van der Waals surface area contributed by atoms with Gasteiger partial charge in [-0.2, -0.15) is 9.41 Å². The van der Waals surface area contributed by atoms with Gasteiger partial charge >= 0.3 is 0 Å². The van der Waals surface area contributed by atoms with E-state index in [9.17, 15) is 13.2 Å². The van der Waals surface area contributed by atoms with Gasteiger partial charge in [-0.25, -0.2) is 13.8 Å². The summed E-state index contributed by atoms with van der Waals surface area (Å²) in [6.45, 7) is 1.75. The summed E-state index contributed by atoms with van der Waals surface area (Å²) in [6.07, 6.45) is 1.99. The monoisotopic (exact) mass is 465 g/mol. The van der Waals surface area contributed by atoms with E-state index in [1.807, 2.05) is 61.5 Å². The van der Waals surface area contributed by atoms with Crippen LogP contribution < -0.4 is 10.2 Å². The third-order valence-electron chi connectivity index (χ3n) is 4.95. The molecule has 0 saturated heterocycles. The van der Waals surface area contributed by atoms with Crippen molar-refractivity contribution in [2.45, 2.75) is 18.2 Å². The van der Waals surface area contributed by atoms with Crippen molar-refractivity contribution in [1.82, 2.24) is 9.73 Å². The lowest BCUT2D eigenvalue weighted by molar-refractivity contribution is -0.121. The summed E-state index contributed by atoms with van der Waals surface area (Å²) < 4.78 is 32.9. The van der Waals surface area contributed by atoms with Gasteiger partial charge in [-0.05, 0) is 48.7 Å². The van der Waals surface area contributed by atoms with Crippen LogP contribution in [0.3, 0.4) is 0 Å². The summed E-state index contributed by atoms with van der Waals surface area (Å²) in [6, 6.07) is 23.3. The lowest BCUT2D eigenvalue weighted by Crippen LogP contribution is -2.40. The molecule has 0 aliphatic heterocycles. The number of benzene rings is 3. The Morgan fingerprint density at radius 2 is 1.76 bits per heavy atom. The standard InChI is InChI=1S/C25H27N3O4S/c1-20-7-6-10-22(17-20)18-26-27-25(29)19-28(16-15-21-8-4-3-5-9-21)33(30,31)24-13-11-23(32-2)12-14-24/h3-14,17-18H,15-16,19H2,1-2H3,(H,27,29)/b26-18-. The zero-order valence-corrected chi connectivity index (χ0v) is 19.5. The maximum Gasteiger partial charge on any atom is 0.255 e. The molecule has 0 aromatic heterocycles. The molecule has 0 aliphatic rings.